The molecule has 0 spiro atoms. The smallest absolute Gasteiger partial charge is 0.104 e. The molecule has 1 heterocycles. The first-order chi connectivity index (χ1) is 7.13. The largest absolute Gasteiger partial charge is 0.371 e. The molecule has 1 atom stereocenters. The molecule has 0 aliphatic rings. The summed E-state index contributed by atoms with van der Waals surface area (Å²) in [5.41, 5.74) is 5.71. The van der Waals surface area contributed by atoms with Crippen molar-refractivity contribution in [2.75, 3.05) is 13.2 Å². The fourth-order valence-corrected chi connectivity index (χ4v) is 2.28. The Labute approximate surface area is 96.4 Å². The van der Waals surface area contributed by atoms with Crippen molar-refractivity contribution >= 4 is 11.3 Å². The Balaban J connectivity index is 2.42. The molecule has 2 nitrogen and oxygen atoms in total. The zero-order valence-corrected chi connectivity index (χ0v) is 10.6. The number of ether oxygens (including phenoxy) is 1. The summed E-state index contributed by atoms with van der Waals surface area (Å²) in [7, 11) is 0. The van der Waals surface area contributed by atoms with Gasteiger partial charge in [-0.05, 0) is 31.4 Å². The van der Waals surface area contributed by atoms with E-state index in [2.05, 4.69) is 32.9 Å². The molecule has 0 fully saturated rings. The van der Waals surface area contributed by atoms with E-state index >= 15 is 0 Å². The summed E-state index contributed by atoms with van der Waals surface area (Å²) in [6, 6.07) is 4.24. The molecule has 1 aromatic heterocycles. The Hall–Kier alpha value is -0.380. The van der Waals surface area contributed by atoms with Gasteiger partial charge in [0.2, 0.25) is 0 Å². The van der Waals surface area contributed by atoms with E-state index in [1.807, 2.05) is 0 Å². The first-order valence-electron chi connectivity index (χ1n) is 5.51. The summed E-state index contributed by atoms with van der Waals surface area (Å²) < 4.78 is 5.79. The Morgan fingerprint density at radius 2 is 2.13 bits per heavy atom. The third-order valence-electron chi connectivity index (χ3n) is 2.31. The lowest BCUT2D eigenvalue weighted by molar-refractivity contribution is 0.0538. The molecule has 0 aliphatic heterocycles. The van der Waals surface area contributed by atoms with Gasteiger partial charge in [-0.15, -0.1) is 11.3 Å². The van der Waals surface area contributed by atoms with Crippen LogP contribution in [0.5, 0.6) is 0 Å². The Morgan fingerprint density at radius 3 is 2.60 bits per heavy atom. The van der Waals surface area contributed by atoms with Crippen LogP contribution in [0.3, 0.4) is 0 Å². The second-order valence-electron chi connectivity index (χ2n) is 4.23. The van der Waals surface area contributed by atoms with Crippen LogP contribution in [-0.2, 0) is 4.74 Å². The molecular weight excluding hydrogens is 206 g/mol. The van der Waals surface area contributed by atoms with Crippen LogP contribution in [-0.4, -0.2) is 13.2 Å². The summed E-state index contributed by atoms with van der Waals surface area (Å²) >= 11 is 1.77. The van der Waals surface area contributed by atoms with E-state index in [1.165, 1.54) is 9.75 Å². The highest BCUT2D eigenvalue weighted by Crippen LogP contribution is 2.25. The number of hydrogen-bond donors (Lipinski definition) is 1. The molecule has 1 aromatic rings. The summed E-state index contributed by atoms with van der Waals surface area (Å²) in [5.74, 6) is 0.688. The molecule has 0 bridgehead atoms. The summed E-state index contributed by atoms with van der Waals surface area (Å²) in [6.07, 6.45) is 1.18. The molecule has 0 saturated heterocycles. The molecule has 0 aliphatic carbocycles. The van der Waals surface area contributed by atoms with Crippen molar-refractivity contribution in [2.24, 2.45) is 11.7 Å². The van der Waals surface area contributed by atoms with Crippen molar-refractivity contribution in [3.05, 3.63) is 21.9 Å². The number of thiophene rings is 1. The standard InChI is InChI=1S/C12H21NOS/c1-9(2)6-7-14-11(8-13)12-5-4-10(3)15-12/h4-5,9,11H,6-8,13H2,1-3H3. The van der Waals surface area contributed by atoms with Crippen LogP contribution in [0.15, 0.2) is 12.1 Å². The summed E-state index contributed by atoms with van der Waals surface area (Å²) in [5, 5.41) is 0. The number of aryl methyl sites for hydroxylation is 1. The van der Waals surface area contributed by atoms with Crippen molar-refractivity contribution in [1.29, 1.82) is 0 Å². The molecule has 86 valence electrons. The average Bonchev–Trinajstić information content (AvgIpc) is 2.59. The van der Waals surface area contributed by atoms with Crippen LogP contribution in [0.1, 0.15) is 36.1 Å². The van der Waals surface area contributed by atoms with E-state index in [0.29, 0.717) is 12.5 Å². The van der Waals surface area contributed by atoms with E-state index in [0.717, 1.165) is 13.0 Å². The van der Waals surface area contributed by atoms with Gasteiger partial charge in [-0.3, -0.25) is 0 Å². The van der Waals surface area contributed by atoms with E-state index < -0.39 is 0 Å². The van der Waals surface area contributed by atoms with Crippen molar-refractivity contribution in [3.8, 4) is 0 Å². The third-order valence-corrected chi connectivity index (χ3v) is 3.40. The lowest BCUT2D eigenvalue weighted by Crippen LogP contribution is -2.16. The molecule has 1 rings (SSSR count). The van der Waals surface area contributed by atoms with Crippen LogP contribution < -0.4 is 5.73 Å². The number of rotatable bonds is 6. The lowest BCUT2D eigenvalue weighted by Gasteiger charge is -2.15. The van der Waals surface area contributed by atoms with Crippen molar-refractivity contribution in [3.63, 3.8) is 0 Å². The predicted octanol–water partition coefficient (Wildman–Crippen LogP) is 3.12. The fraction of sp³-hybridized carbons (Fsp3) is 0.667. The molecule has 0 radical (unpaired) electrons. The Bertz CT molecular complexity index is 283. The average molecular weight is 227 g/mol. The van der Waals surface area contributed by atoms with Gasteiger partial charge >= 0.3 is 0 Å². The minimum absolute atomic E-state index is 0.0856. The quantitative estimate of drug-likeness (QED) is 0.810. The second kappa shape index (κ2) is 6.26. The molecule has 3 heteroatoms. The van der Waals surface area contributed by atoms with Crippen LogP contribution >= 0.6 is 11.3 Å². The first kappa shape index (κ1) is 12.7. The Kier molecular flexibility index (Phi) is 5.29. The van der Waals surface area contributed by atoms with Crippen molar-refractivity contribution < 1.29 is 4.74 Å². The first-order valence-corrected chi connectivity index (χ1v) is 6.33. The van der Waals surface area contributed by atoms with Crippen molar-refractivity contribution in [1.82, 2.24) is 0 Å². The monoisotopic (exact) mass is 227 g/mol. The van der Waals surface area contributed by atoms with Gasteiger partial charge in [0.25, 0.3) is 0 Å². The highest BCUT2D eigenvalue weighted by Gasteiger charge is 2.11. The van der Waals surface area contributed by atoms with Crippen LogP contribution in [0, 0.1) is 12.8 Å². The van der Waals surface area contributed by atoms with E-state index in [4.69, 9.17) is 10.5 Å². The minimum atomic E-state index is 0.0856. The highest BCUT2D eigenvalue weighted by atomic mass is 32.1. The maximum Gasteiger partial charge on any atom is 0.104 e. The van der Waals surface area contributed by atoms with Gasteiger partial charge in [0.1, 0.15) is 6.10 Å². The van der Waals surface area contributed by atoms with Crippen LogP contribution in [0.25, 0.3) is 0 Å². The SMILES string of the molecule is Cc1ccc(C(CN)OCCC(C)C)s1. The maximum atomic E-state index is 5.79. The topological polar surface area (TPSA) is 35.2 Å². The summed E-state index contributed by atoms with van der Waals surface area (Å²) in [6.45, 7) is 7.89. The number of nitrogens with two attached hydrogens (primary N) is 1. The van der Waals surface area contributed by atoms with Gasteiger partial charge < -0.3 is 10.5 Å². The molecule has 0 aromatic carbocycles. The summed E-state index contributed by atoms with van der Waals surface area (Å²) in [4.78, 5) is 2.56. The normalized spacial score (nSPS) is 13.4. The Morgan fingerprint density at radius 1 is 1.40 bits per heavy atom. The van der Waals surface area contributed by atoms with Gasteiger partial charge in [0.15, 0.2) is 0 Å². The zero-order chi connectivity index (χ0) is 11.3. The van der Waals surface area contributed by atoms with Gasteiger partial charge in [0.05, 0.1) is 0 Å². The number of hydrogen-bond acceptors (Lipinski definition) is 3. The van der Waals surface area contributed by atoms with E-state index in [-0.39, 0.29) is 6.10 Å². The minimum Gasteiger partial charge on any atom is -0.371 e. The molecule has 15 heavy (non-hydrogen) atoms. The second-order valence-corrected chi connectivity index (χ2v) is 5.55. The lowest BCUT2D eigenvalue weighted by atomic mass is 10.1. The van der Waals surface area contributed by atoms with E-state index in [1.54, 1.807) is 11.3 Å². The maximum absolute atomic E-state index is 5.79. The molecular formula is C12H21NOS. The fourth-order valence-electron chi connectivity index (χ4n) is 1.34. The highest BCUT2D eigenvalue weighted by molar-refractivity contribution is 7.12. The van der Waals surface area contributed by atoms with Crippen LogP contribution in [0.2, 0.25) is 0 Å². The van der Waals surface area contributed by atoms with Crippen molar-refractivity contribution in [2.45, 2.75) is 33.3 Å². The van der Waals surface area contributed by atoms with Gasteiger partial charge in [-0.1, -0.05) is 13.8 Å². The van der Waals surface area contributed by atoms with E-state index in [9.17, 15) is 0 Å². The van der Waals surface area contributed by atoms with Crippen LogP contribution in [0.4, 0.5) is 0 Å². The molecule has 1 unspecified atom stereocenters. The molecule has 0 saturated carbocycles. The molecule has 2 N–H and O–H groups in total. The predicted molar refractivity (Wildman–Crippen MR) is 66.3 cm³/mol. The van der Waals surface area contributed by atoms with Gasteiger partial charge in [-0.25, -0.2) is 0 Å². The van der Waals surface area contributed by atoms with Gasteiger partial charge in [-0.2, -0.15) is 0 Å². The molecule has 0 amide bonds. The van der Waals surface area contributed by atoms with Gasteiger partial charge in [0, 0.05) is 22.9 Å². The third kappa shape index (κ3) is 4.33. The zero-order valence-electron chi connectivity index (χ0n) is 9.82.